The lowest BCUT2D eigenvalue weighted by Gasteiger charge is -2.12. The van der Waals surface area contributed by atoms with Crippen molar-refractivity contribution < 1.29 is 12.6 Å². The van der Waals surface area contributed by atoms with E-state index >= 15 is 0 Å². The van der Waals surface area contributed by atoms with Crippen LogP contribution >= 0.6 is 0 Å². The molecule has 0 aliphatic carbocycles. The number of hydrogen-bond donors (Lipinski definition) is 1. The monoisotopic (exact) mass is 243 g/mol. The smallest absolute Gasteiger partial charge is 0.325 e. The first kappa shape index (κ1) is 13.0. The topological polar surface area (TPSA) is 69.4 Å². The van der Waals surface area contributed by atoms with Crippen LogP contribution < -0.4 is 9.92 Å². The molecule has 1 aromatic carbocycles. The maximum absolute atomic E-state index is 11.7. The SMILES string of the molecule is CCCCC(N)S(=O)(=O)Oc1ccccc1. The van der Waals surface area contributed by atoms with Crippen LogP contribution in [0, 0.1) is 0 Å². The molecule has 1 aromatic rings. The minimum atomic E-state index is -3.71. The third kappa shape index (κ3) is 3.83. The van der Waals surface area contributed by atoms with Gasteiger partial charge in [-0.25, -0.2) is 0 Å². The van der Waals surface area contributed by atoms with E-state index in [1.54, 1.807) is 30.3 Å². The highest BCUT2D eigenvalue weighted by atomic mass is 32.2. The lowest BCUT2D eigenvalue weighted by molar-refractivity contribution is 0.464. The van der Waals surface area contributed by atoms with Crippen LogP contribution in [0.3, 0.4) is 0 Å². The minimum Gasteiger partial charge on any atom is -0.381 e. The average molecular weight is 243 g/mol. The van der Waals surface area contributed by atoms with E-state index in [2.05, 4.69) is 0 Å². The van der Waals surface area contributed by atoms with Crippen molar-refractivity contribution in [2.75, 3.05) is 0 Å². The van der Waals surface area contributed by atoms with Gasteiger partial charge in [-0.05, 0) is 18.6 Å². The molecule has 16 heavy (non-hydrogen) atoms. The minimum absolute atomic E-state index is 0.300. The van der Waals surface area contributed by atoms with Crippen LogP contribution in [0.5, 0.6) is 5.75 Å². The number of unbranched alkanes of at least 4 members (excludes halogenated alkanes) is 1. The summed E-state index contributed by atoms with van der Waals surface area (Å²) in [4.78, 5) is 0. The highest BCUT2D eigenvalue weighted by molar-refractivity contribution is 7.87. The molecular weight excluding hydrogens is 226 g/mol. The van der Waals surface area contributed by atoms with Crippen molar-refractivity contribution in [3.05, 3.63) is 30.3 Å². The van der Waals surface area contributed by atoms with E-state index in [1.165, 1.54) is 0 Å². The second kappa shape index (κ2) is 5.86. The van der Waals surface area contributed by atoms with Gasteiger partial charge in [-0.2, -0.15) is 8.42 Å². The fourth-order valence-electron chi connectivity index (χ4n) is 1.22. The second-order valence-electron chi connectivity index (χ2n) is 3.57. The molecule has 0 bridgehead atoms. The molecule has 1 unspecified atom stereocenters. The molecule has 2 N–H and O–H groups in total. The maximum Gasteiger partial charge on any atom is 0.325 e. The van der Waals surface area contributed by atoms with Gasteiger partial charge in [-0.3, -0.25) is 0 Å². The van der Waals surface area contributed by atoms with Gasteiger partial charge >= 0.3 is 10.1 Å². The first-order valence-electron chi connectivity index (χ1n) is 5.30. The molecule has 0 spiro atoms. The Balaban J connectivity index is 2.65. The van der Waals surface area contributed by atoms with E-state index in [4.69, 9.17) is 9.92 Å². The maximum atomic E-state index is 11.7. The zero-order chi connectivity index (χ0) is 12.0. The van der Waals surface area contributed by atoms with Gasteiger partial charge < -0.3 is 9.92 Å². The average Bonchev–Trinajstić information content (AvgIpc) is 2.26. The first-order chi connectivity index (χ1) is 7.56. The van der Waals surface area contributed by atoms with Crippen molar-refractivity contribution >= 4 is 10.1 Å². The summed E-state index contributed by atoms with van der Waals surface area (Å²) in [6, 6.07) is 8.38. The fraction of sp³-hybridized carbons (Fsp3) is 0.455. The summed E-state index contributed by atoms with van der Waals surface area (Å²) in [5.74, 6) is 0.300. The van der Waals surface area contributed by atoms with Gasteiger partial charge in [0, 0.05) is 0 Å². The second-order valence-corrected chi connectivity index (χ2v) is 5.33. The largest absolute Gasteiger partial charge is 0.381 e. The Morgan fingerprint density at radius 1 is 1.31 bits per heavy atom. The zero-order valence-electron chi connectivity index (χ0n) is 9.30. The molecular formula is C11H17NO3S. The molecule has 1 atom stereocenters. The fourth-order valence-corrected chi connectivity index (χ4v) is 2.18. The lowest BCUT2D eigenvalue weighted by atomic mass is 10.2. The van der Waals surface area contributed by atoms with Crippen LogP contribution in [0.25, 0.3) is 0 Å². The molecule has 0 radical (unpaired) electrons. The molecule has 0 saturated carbocycles. The predicted octanol–water partition coefficient (Wildman–Crippen LogP) is 1.87. The Morgan fingerprint density at radius 2 is 1.94 bits per heavy atom. The van der Waals surface area contributed by atoms with Gasteiger partial charge in [-0.15, -0.1) is 0 Å². The van der Waals surface area contributed by atoms with Crippen LogP contribution in [-0.2, 0) is 10.1 Å². The summed E-state index contributed by atoms with van der Waals surface area (Å²) in [7, 11) is -3.71. The molecule has 4 nitrogen and oxygen atoms in total. The van der Waals surface area contributed by atoms with Gasteiger partial charge in [0.1, 0.15) is 11.1 Å². The van der Waals surface area contributed by atoms with Gasteiger partial charge in [0.15, 0.2) is 0 Å². The zero-order valence-corrected chi connectivity index (χ0v) is 10.1. The summed E-state index contributed by atoms with van der Waals surface area (Å²) in [5, 5.41) is -0.951. The van der Waals surface area contributed by atoms with Crippen LogP contribution in [0.2, 0.25) is 0 Å². The van der Waals surface area contributed by atoms with E-state index in [-0.39, 0.29) is 0 Å². The lowest BCUT2D eigenvalue weighted by Crippen LogP contribution is -2.33. The van der Waals surface area contributed by atoms with Crippen LogP contribution in [-0.4, -0.2) is 13.8 Å². The summed E-state index contributed by atoms with van der Waals surface area (Å²) in [5.41, 5.74) is 5.57. The van der Waals surface area contributed by atoms with Crippen molar-refractivity contribution in [3.63, 3.8) is 0 Å². The van der Waals surface area contributed by atoms with E-state index < -0.39 is 15.5 Å². The Morgan fingerprint density at radius 3 is 2.50 bits per heavy atom. The summed E-state index contributed by atoms with van der Waals surface area (Å²) < 4.78 is 28.2. The van der Waals surface area contributed by atoms with Crippen molar-refractivity contribution in [2.24, 2.45) is 5.73 Å². The van der Waals surface area contributed by atoms with Crippen LogP contribution in [0.1, 0.15) is 26.2 Å². The third-order valence-corrected chi connectivity index (χ3v) is 3.57. The van der Waals surface area contributed by atoms with Gasteiger partial charge in [0.25, 0.3) is 0 Å². The normalized spacial score (nSPS) is 13.4. The summed E-state index contributed by atoms with van der Waals surface area (Å²) >= 11 is 0. The van der Waals surface area contributed by atoms with E-state index in [9.17, 15) is 8.42 Å². The molecule has 5 heteroatoms. The molecule has 0 heterocycles. The standard InChI is InChI=1S/C11H17NO3S/c1-2-3-9-11(12)16(13,14)15-10-7-5-4-6-8-10/h4-8,11H,2-3,9,12H2,1H3. The molecule has 0 aromatic heterocycles. The quantitative estimate of drug-likeness (QED) is 0.774. The Kier molecular flexibility index (Phi) is 4.76. The van der Waals surface area contributed by atoms with Crippen molar-refractivity contribution in [1.82, 2.24) is 0 Å². The highest BCUT2D eigenvalue weighted by Gasteiger charge is 2.22. The highest BCUT2D eigenvalue weighted by Crippen LogP contribution is 2.15. The third-order valence-electron chi connectivity index (χ3n) is 2.17. The predicted molar refractivity (Wildman–Crippen MR) is 63.5 cm³/mol. The molecule has 0 saturated heterocycles. The van der Waals surface area contributed by atoms with Crippen molar-refractivity contribution in [3.8, 4) is 5.75 Å². The molecule has 0 fully saturated rings. The molecule has 0 aliphatic rings. The van der Waals surface area contributed by atoms with Gasteiger partial charge in [-0.1, -0.05) is 38.0 Å². The number of benzene rings is 1. The Labute approximate surface area is 96.5 Å². The van der Waals surface area contributed by atoms with Crippen molar-refractivity contribution in [2.45, 2.75) is 31.6 Å². The molecule has 90 valence electrons. The van der Waals surface area contributed by atoms with Gasteiger partial charge in [0.2, 0.25) is 0 Å². The molecule has 0 amide bonds. The van der Waals surface area contributed by atoms with Crippen LogP contribution in [0.4, 0.5) is 0 Å². The van der Waals surface area contributed by atoms with Crippen molar-refractivity contribution in [1.29, 1.82) is 0 Å². The number of hydrogen-bond acceptors (Lipinski definition) is 4. The van der Waals surface area contributed by atoms with E-state index in [1.807, 2.05) is 6.92 Å². The molecule has 1 rings (SSSR count). The number of nitrogens with two attached hydrogens (primary N) is 1. The van der Waals surface area contributed by atoms with E-state index in [0.717, 1.165) is 12.8 Å². The van der Waals surface area contributed by atoms with Gasteiger partial charge in [0.05, 0.1) is 0 Å². The Hall–Kier alpha value is -1.07. The summed E-state index contributed by atoms with van der Waals surface area (Å²) in [6.07, 6.45) is 2.11. The van der Waals surface area contributed by atoms with E-state index in [0.29, 0.717) is 12.2 Å². The summed E-state index contributed by atoms with van der Waals surface area (Å²) in [6.45, 7) is 1.98. The molecule has 0 aliphatic heterocycles. The number of rotatable bonds is 6. The van der Waals surface area contributed by atoms with Crippen LogP contribution in [0.15, 0.2) is 30.3 Å². The number of para-hydroxylation sites is 1. The Bertz CT molecular complexity index is 402. The first-order valence-corrected chi connectivity index (χ1v) is 6.77.